The Morgan fingerprint density at radius 2 is 1.90 bits per heavy atom. The van der Waals surface area contributed by atoms with Gasteiger partial charge in [0.25, 0.3) is 5.91 Å². The molecule has 4 nitrogen and oxygen atoms in total. The van der Waals surface area contributed by atoms with E-state index in [0.717, 1.165) is 18.4 Å². The number of carbonyl (C=O) groups is 1. The van der Waals surface area contributed by atoms with E-state index in [4.69, 9.17) is 10.2 Å². The van der Waals surface area contributed by atoms with Gasteiger partial charge in [0.15, 0.2) is 5.76 Å². The summed E-state index contributed by atoms with van der Waals surface area (Å²) in [5, 5.41) is 2.77. The highest BCUT2D eigenvalue weighted by molar-refractivity contribution is 5.92. The molecular weight excluding hydrogens is 288 g/mol. The molecule has 1 amide bonds. The molecule has 0 unspecified atom stereocenters. The van der Waals surface area contributed by atoms with Gasteiger partial charge in [-0.05, 0) is 37.1 Å². The SMILES string of the molecule is CCc1ccc(-c2ccc(C(=O)NCCCN)o2)cc1.Cl. The molecule has 21 heavy (non-hydrogen) atoms. The summed E-state index contributed by atoms with van der Waals surface area (Å²) in [4.78, 5) is 11.8. The molecule has 0 aliphatic carbocycles. The van der Waals surface area contributed by atoms with Crippen molar-refractivity contribution in [3.8, 4) is 11.3 Å². The molecule has 0 atom stereocenters. The Morgan fingerprint density at radius 1 is 1.19 bits per heavy atom. The van der Waals surface area contributed by atoms with Crippen molar-refractivity contribution in [1.29, 1.82) is 0 Å². The van der Waals surface area contributed by atoms with Gasteiger partial charge in [-0.3, -0.25) is 4.79 Å². The average molecular weight is 309 g/mol. The third-order valence-corrected chi connectivity index (χ3v) is 3.14. The minimum absolute atomic E-state index is 0. The van der Waals surface area contributed by atoms with E-state index in [0.29, 0.717) is 24.6 Å². The van der Waals surface area contributed by atoms with Crippen LogP contribution in [0.25, 0.3) is 11.3 Å². The molecule has 1 heterocycles. The summed E-state index contributed by atoms with van der Waals surface area (Å²) in [6, 6.07) is 11.7. The summed E-state index contributed by atoms with van der Waals surface area (Å²) in [5.41, 5.74) is 7.64. The monoisotopic (exact) mass is 308 g/mol. The van der Waals surface area contributed by atoms with Crippen LogP contribution in [0.3, 0.4) is 0 Å². The van der Waals surface area contributed by atoms with Crippen LogP contribution in [-0.4, -0.2) is 19.0 Å². The quantitative estimate of drug-likeness (QED) is 0.806. The number of halogens is 1. The van der Waals surface area contributed by atoms with Crippen LogP contribution >= 0.6 is 12.4 Å². The lowest BCUT2D eigenvalue weighted by molar-refractivity contribution is 0.0926. The maximum Gasteiger partial charge on any atom is 0.287 e. The van der Waals surface area contributed by atoms with Gasteiger partial charge in [0, 0.05) is 12.1 Å². The summed E-state index contributed by atoms with van der Waals surface area (Å²) >= 11 is 0. The van der Waals surface area contributed by atoms with Crippen molar-refractivity contribution < 1.29 is 9.21 Å². The van der Waals surface area contributed by atoms with Crippen LogP contribution in [0.4, 0.5) is 0 Å². The van der Waals surface area contributed by atoms with E-state index in [1.807, 2.05) is 18.2 Å². The van der Waals surface area contributed by atoms with E-state index >= 15 is 0 Å². The molecule has 0 saturated carbocycles. The number of nitrogens with one attached hydrogen (secondary N) is 1. The summed E-state index contributed by atoms with van der Waals surface area (Å²) < 4.78 is 5.59. The van der Waals surface area contributed by atoms with Gasteiger partial charge in [0.1, 0.15) is 5.76 Å². The molecule has 3 N–H and O–H groups in total. The van der Waals surface area contributed by atoms with Crippen LogP contribution < -0.4 is 11.1 Å². The molecule has 5 heteroatoms. The fourth-order valence-electron chi connectivity index (χ4n) is 1.91. The van der Waals surface area contributed by atoms with E-state index in [9.17, 15) is 4.79 Å². The zero-order valence-electron chi connectivity index (χ0n) is 12.1. The van der Waals surface area contributed by atoms with Gasteiger partial charge in [0.2, 0.25) is 0 Å². The van der Waals surface area contributed by atoms with Crippen molar-refractivity contribution in [2.24, 2.45) is 5.73 Å². The number of aryl methyl sites for hydroxylation is 1. The highest BCUT2D eigenvalue weighted by Gasteiger charge is 2.11. The first-order valence-corrected chi connectivity index (χ1v) is 6.92. The van der Waals surface area contributed by atoms with E-state index in [2.05, 4.69) is 24.4 Å². The number of nitrogens with two attached hydrogens (primary N) is 1. The van der Waals surface area contributed by atoms with E-state index in [-0.39, 0.29) is 18.3 Å². The van der Waals surface area contributed by atoms with Crippen molar-refractivity contribution in [2.75, 3.05) is 13.1 Å². The molecule has 1 aromatic heterocycles. The summed E-state index contributed by atoms with van der Waals surface area (Å²) in [6.07, 6.45) is 1.77. The number of carbonyl (C=O) groups excluding carboxylic acids is 1. The number of furan rings is 1. The van der Waals surface area contributed by atoms with Crippen molar-refractivity contribution in [3.05, 3.63) is 47.7 Å². The van der Waals surface area contributed by atoms with Gasteiger partial charge in [0.05, 0.1) is 0 Å². The molecule has 0 aliphatic rings. The van der Waals surface area contributed by atoms with Gasteiger partial charge in [-0.25, -0.2) is 0 Å². The summed E-state index contributed by atoms with van der Waals surface area (Å²) in [6.45, 7) is 3.25. The number of hydrogen-bond donors (Lipinski definition) is 2. The van der Waals surface area contributed by atoms with Crippen molar-refractivity contribution in [2.45, 2.75) is 19.8 Å². The molecule has 0 aliphatic heterocycles. The van der Waals surface area contributed by atoms with Crippen LogP contribution in [-0.2, 0) is 6.42 Å². The maximum absolute atomic E-state index is 11.8. The smallest absolute Gasteiger partial charge is 0.287 e. The van der Waals surface area contributed by atoms with Gasteiger partial charge in [-0.1, -0.05) is 31.2 Å². The van der Waals surface area contributed by atoms with Crippen molar-refractivity contribution in [3.63, 3.8) is 0 Å². The second-order valence-electron chi connectivity index (χ2n) is 4.61. The highest BCUT2D eigenvalue weighted by Crippen LogP contribution is 2.22. The lowest BCUT2D eigenvalue weighted by Crippen LogP contribution is -2.25. The van der Waals surface area contributed by atoms with E-state index in [1.165, 1.54) is 5.56 Å². The van der Waals surface area contributed by atoms with Crippen LogP contribution in [0.15, 0.2) is 40.8 Å². The van der Waals surface area contributed by atoms with Gasteiger partial charge >= 0.3 is 0 Å². The molecule has 0 saturated heterocycles. The fraction of sp³-hybridized carbons (Fsp3) is 0.312. The largest absolute Gasteiger partial charge is 0.451 e. The normalized spacial score (nSPS) is 10.0. The topological polar surface area (TPSA) is 68.3 Å². The van der Waals surface area contributed by atoms with E-state index in [1.54, 1.807) is 6.07 Å². The number of hydrogen-bond acceptors (Lipinski definition) is 3. The third-order valence-electron chi connectivity index (χ3n) is 3.14. The molecule has 0 radical (unpaired) electrons. The molecule has 2 rings (SSSR count). The Kier molecular flexibility index (Phi) is 6.99. The Morgan fingerprint density at radius 3 is 2.52 bits per heavy atom. The molecule has 1 aromatic carbocycles. The summed E-state index contributed by atoms with van der Waals surface area (Å²) in [5.74, 6) is 0.836. The Bertz CT molecular complexity index is 564. The summed E-state index contributed by atoms with van der Waals surface area (Å²) in [7, 11) is 0. The Labute approximate surface area is 131 Å². The zero-order valence-corrected chi connectivity index (χ0v) is 12.9. The van der Waals surface area contributed by atoms with Crippen LogP contribution in [0.2, 0.25) is 0 Å². The maximum atomic E-state index is 11.8. The van der Waals surface area contributed by atoms with Crippen LogP contribution in [0, 0.1) is 0 Å². The third kappa shape index (κ3) is 4.62. The molecule has 114 valence electrons. The Hall–Kier alpha value is -1.78. The molecule has 0 bridgehead atoms. The Balaban J connectivity index is 0.00000220. The van der Waals surface area contributed by atoms with Crippen LogP contribution in [0.5, 0.6) is 0 Å². The fourth-order valence-corrected chi connectivity index (χ4v) is 1.91. The molecule has 0 spiro atoms. The first-order valence-electron chi connectivity index (χ1n) is 6.92. The molecule has 2 aromatic rings. The average Bonchev–Trinajstić information content (AvgIpc) is 2.97. The minimum atomic E-state index is -0.199. The van der Waals surface area contributed by atoms with Crippen molar-refractivity contribution >= 4 is 18.3 Å². The predicted molar refractivity (Wildman–Crippen MR) is 86.8 cm³/mol. The second kappa shape index (κ2) is 8.49. The second-order valence-corrected chi connectivity index (χ2v) is 4.61. The number of benzene rings is 1. The predicted octanol–water partition coefficient (Wildman–Crippen LogP) is 3.01. The molecular formula is C16H21ClN2O2. The standard InChI is InChI=1S/C16H20N2O2.ClH/c1-2-12-4-6-13(7-5-12)14-8-9-15(20-14)16(19)18-11-3-10-17;/h4-9H,2-3,10-11,17H2,1H3,(H,18,19);1H. The number of rotatable bonds is 6. The van der Waals surface area contributed by atoms with Crippen molar-refractivity contribution in [1.82, 2.24) is 5.32 Å². The first-order chi connectivity index (χ1) is 9.74. The van der Waals surface area contributed by atoms with Gasteiger partial charge in [-0.15, -0.1) is 12.4 Å². The number of amides is 1. The van der Waals surface area contributed by atoms with Gasteiger partial charge < -0.3 is 15.5 Å². The van der Waals surface area contributed by atoms with E-state index < -0.39 is 0 Å². The van der Waals surface area contributed by atoms with Gasteiger partial charge in [-0.2, -0.15) is 0 Å². The zero-order chi connectivity index (χ0) is 14.4. The minimum Gasteiger partial charge on any atom is -0.451 e. The van der Waals surface area contributed by atoms with Crippen LogP contribution in [0.1, 0.15) is 29.5 Å². The molecule has 0 fully saturated rings. The highest BCUT2D eigenvalue weighted by atomic mass is 35.5. The lowest BCUT2D eigenvalue weighted by Gasteiger charge is -2.02. The first kappa shape index (κ1) is 17.3. The lowest BCUT2D eigenvalue weighted by atomic mass is 10.1.